The van der Waals surface area contributed by atoms with Crippen molar-refractivity contribution in [1.82, 2.24) is 14.7 Å². The van der Waals surface area contributed by atoms with E-state index in [1.807, 2.05) is 18.0 Å². The largest absolute Gasteiger partial charge is 0.390 e. The van der Waals surface area contributed by atoms with E-state index in [4.69, 9.17) is 4.74 Å². The molecule has 1 N–H and O–H groups in total. The van der Waals surface area contributed by atoms with Gasteiger partial charge in [-0.05, 0) is 38.7 Å². The van der Waals surface area contributed by atoms with Gasteiger partial charge in [-0.1, -0.05) is 12.8 Å². The molecule has 24 heavy (non-hydrogen) atoms. The van der Waals surface area contributed by atoms with Crippen LogP contribution in [-0.4, -0.2) is 57.6 Å². The first-order valence-corrected chi connectivity index (χ1v) is 9.08. The predicted octanol–water partition coefficient (Wildman–Crippen LogP) is 2.08. The molecule has 0 bridgehead atoms. The Morgan fingerprint density at radius 2 is 2.25 bits per heavy atom. The molecule has 3 atom stereocenters. The molecule has 0 aromatic carbocycles. The Morgan fingerprint density at radius 1 is 1.42 bits per heavy atom. The summed E-state index contributed by atoms with van der Waals surface area (Å²) in [7, 11) is 1.65. The highest BCUT2D eigenvalue weighted by atomic mass is 16.5. The van der Waals surface area contributed by atoms with Crippen molar-refractivity contribution in [2.45, 2.75) is 63.6 Å². The van der Waals surface area contributed by atoms with Crippen LogP contribution in [0.15, 0.2) is 12.3 Å². The van der Waals surface area contributed by atoms with Crippen molar-refractivity contribution in [1.29, 1.82) is 0 Å². The zero-order valence-corrected chi connectivity index (χ0v) is 14.8. The van der Waals surface area contributed by atoms with Crippen molar-refractivity contribution in [3.8, 4) is 0 Å². The van der Waals surface area contributed by atoms with E-state index in [-0.39, 0.29) is 17.9 Å². The molecular weight excluding hydrogens is 306 g/mol. The van der Waals surface area contributed by atoms with E-state index in [0.29, 0.717) is 18.8 Å². The summed E-state index contributed by atoms with van der Waals surface area (Å²) in [6, 6.07) is 1.92. The zero-order chi connectivity index (χ0) is 17.2. The van der Waals surface area contributed by atoms with Gasteiger partial charge in [0.1, 0.15) is 5.69 Å². The number of hydrogen-bond donors (Lipinski definition) is 1. The SMILES string of the molecule is COCCn1ccc(C(=O)N2CCC[C@@H]2[C@H]2CCCC[C@@]2(C)O)n1. The Hall–Kier alpha value is -1.40. The average molecular weight is 335 g/mol. The van der Waals surface area contributed by atoms with Gasteiger partial charge >= 0.3 is 0 Å². The number of aliphatic hydroxyl groups is 1. The second-order valence-corrected chi connectivity index (χ2v) is 7.37. The summed E-state index contributed by atoms with van der Waals surface area (Å²) < 4.78 is 6.80. The van der Waals surface area contributed by atoms with Crippen LogP contribution in [0.25, 0.3) is 0 Å². The molecule has 134 valence electrons. The summed E-state index contributed by atoms with van der Waals surface area (Å²) in [4.78, 5) is 14.9. The van der Waals surface area contributed by atoms with Crippen LogP contribution in [0, 0.1) is 5.92 Å². The normalized spacial score (nSPS) is 30.7. The van der Waals surface area contributed by atoms with Crippen LogP contribution in [0.3, 0.4) is 0 Å². The van der Waals surface area contributed by atoms with Gasteiger partial charge in [0.2, 0.25) is 0 Å². The molecule has 2 heterocycles. The van der Waals surface area contributed by atoms with Crippen molar-refractivity contribution >= 4 is 5.91 Å². The Labute approximate surface area is 143 Å². The van der Waals surface area contributed by atoms with Crippen molar-refractivity contribution in [3.05, 3.63) is 18.0 Å². The minimum Gasteiger partial charge on any atom is -0.390 e. The molecule has 1 aliphatic heterocycles. The number of rotatable bonds is 5. The minimum atomic E-state index is -0.663. The number of hydrogen-bond acceptors (Lipinski definition) is 4. The molecule has 1 aromatic rings. The Balaban J connectivity index is 1.72. The van der Waals surface area contributed by atoms with Gasteiger partial charge in [-0.25, -0.2) is 0 Å². The van der Waals surface area contributed by atoms with E-state index in [0.717, 1.165) is 45.1 Å². The average Bonchev–Trinajstić information content (AvgIpc) is 3.21. The minimum absolute atomic E-state index is 0.00459. The molecular formula is C18H29N3O3. The van der Waals surface area contributed by atoms with Gasteiger partial charge in [-0.15, -0.1) is 0 Å². The fourth-order valence-corrected chi connectivity index (χ4v) is 4.35. The molecule has 1 aliphatic carbocycles. The first-order valence-electron chi connectivity index (χ1n) is 9.08. The standard InChI is InChI=1S/C18H29N3O3/c1-18(23)9-4-3-6-14(18)16-7-5-10-21(16)17(22)15-8-11-20(19-15)12-13-24-2/h8,11,14,16,23H,3-7,9-10,12-13H2,1-2H3/t14-,16-,18-/m1/s1. The van der Waals surface area contributed by atoms with Gasteiger partial charge in [-0.3, -0.25) is 9.48 Å². The summed E-state index contributed by atoms with van der Waals surface area (Å²) in [5.41, 5.74) is -0.169. The fourth-order valence-electron chi connectivity index (χ4n) is 4.35. The summed E-state index contributed by atoms with van der Waals surface area (Å²) in [5, 5.41) is 15.2. The second kappa shape index (κ2) is 7.23. The van der Waals surface area contributed by atoms with E-state index < -0.39 is 5.60 Å². The highest BCUT2D eigenvalue weighted by Gasteiger charge is 2.45. The molecule has 0 unspecified atom stereocenters. The van der Waals surface area contributed by atoms with E-state index in [1.165, 1.54) is 0 Å². The molecule has 3 rings (SSSR count). The van der Waals surface area contributed by atoms with Gasteiger partial charge in [0, 0.05) is 31.8 Å². The first-order chi connectivity index (χ1) is 11.5. The third-order valence-electron chi connectivity index (χ3n) is 5.66. The molecule has 0 radical (unpaired) electrons. The quantitative estimate of drug-likeness (QED) is 0.894. The summed E-state index contributed by atoms with van der Waals surface area (Å²) in [6.45, 7) is 3.93. The van der Waals surface area contributed by atoms with Crippen molar-refractivity contribution < 1.29 is 14.6 Å². The Bertz CT molecular complexity index is 570. The fraction of sp³-hybridized carbons (Fsp3) is 0.778. The number of ether oxygens (including phenoxy) is 1. The molecule has 6 heteroatoms. The summed E-state index contributed by atoms with van der Waals surface area (Å²) in [6.07, 6.45) is 7.88. The molecule has 1 saturated heterocycles. The van der Waals surface area contributed by atoms with Crippen LogP contribution in [0.1, 0.15) is 55.9 Å². The number of methoxy groups -OCH3 is 1. The molecule has 2 fully saturated rings. The van der Waals surface area contributed by atoms with E-state index in [2.05, 4.69) is 5.10 Å². The lowest BCUT2D eigenvalue weighted by molar-refractivity contribution is -0.0578. The monoisotopic (exact) mass is 335 g/mol. The maximum atomic E-state index is 12.9. The van der Waals surface area contributed by atoms with Crippen LogP contribution in [0.5, 0.6) is 0 Å². The van der Waals surface area contributed by atoms with Crippen LogP contribution < -0.4 is 0 Å². The van der Waals surface area contributed by atoms with Crippen molar-refractivity contribution in [3.63, 3.8) is 0 Å². The number of aromatic nitrogens is 2. The number of nitrogens with zero attached hydrogens (tertiary/aromatic N) is 3. The van der Waals surface area contributed by atoms with E-state index in [9.17, 15) is 9.90 Å². The van der Waals surface area contributed by atoms with Crippen LogP contribution in [-0.2, 0) is 11.3 Å². The van der Waals surface area contributed by atoms with Gasteiger partial charge in [0.15, 0.2) is 0 Å². The van der Waals surface area contributed by atoms with Gasteiger partial charge in [-0.2, -0.15) is 5.10 Å². The van der Waals surface area contributed by atoms with E-state index in [1.54, 1.807) is 17.9 Å². The molecule has 1 aromatic heterocycles. The lowest BCUT2D eigenvalue weighted by Crippen LogP contribution is -2.50. The lowest BCUT2D eigenvalue weighted by Gasteiger charge is -2.43. The third kappa shape index (κ3) is 3.49. The van der Waals surface area contributed by atoms with Gasteiger partial charge < -0.3 is 14.7 Å². The number of carbonyl (C=O) groups is 1. The van der Waals surface area contributed by atoms with Crippen LogP contribution in [0.4, 0.5) is 0 Å². The molecule has 1 saturated carbocycles. The number of carbonyl (C=O) groups excluding carboxylic acids is 1. The third-order valence-corrected chi connectivity index (χ3v) is 5.66. The van der Waals surface area contributed by atoms with Gasteiger partial charge in [0.05, 0.1) is 18.8 Å². The number of likely N-dealkylation sites (tertiary alicyclic amines) is 1. The molecule has 0 spiro atoms. The Morgan fingerprint density at radius 3 is 3.00 bits per heavy atom. The van der Waals surface area contributed by atoms with Crippen LogP contribution in [0.2, 0.25) is 0 Å². The second-order valence-electron chi connectivity index (χ2n) is 7.37. The van der Waals surface area contributed by atoms with E-state index >= 15 is 0 Å². The molecule has 6 nitrogen and oxygen atoms in total. The Kier molecular flexibility index (Phi) is 5.25. The van der Waals surface area contributed by atoms with Crippen molar-refractivity contribution in [2.75, 3.05) is 20.3 Å². The molecule has 2 aliphatic rings. The maximum Gasteiger partial charge on any atom is 0.274 e. The van der Waals surface area contributed by atoms with Crippen molar-refractivity contribution in [2.24, 2.45) is 5.92 Å². The smallest absolute Gasteiger partial charge is 0.274 e. The lowest BCUT2D eigenvalue weighted by atomic mass is 9.72. The van der Waals surface area contributed by atoms with Gasteiger partial charge in [0.25, 0.3) is 5.91 Å². The number of amides is 1. The predicted molar refractivity (Wildman–Crippen MR) is 90.7 cm³/mol. The highest BCUT2D eigenvalue weighted by molar-refractivity contribution is 5.92. The summed E-state index contributed by atoms with van der Waals surface area (Å²) >= 11 is 0. The highest BCUT2D eigenvalue weighted by Crippen LogP contribution is 2.40. The first kappa shape index (κ1) is 17.4. The topological polar surface area (TPSA) is 67.6 Å². The zero-order valence-electron chi connectivity index (χ0n) is 14.8. The summed E-state index contributed by atoms with van der Waals surface area (Å²) in [5.74, 6) is 0.170. The molecule has 1 amide bonds. The van der Waals surface area contributed by atoms with Crippen LogP contribution >= 0.6 is 0 Å². The maximum absolute atomic E-state index is 12.9.